The third kappa shape index (κ3) is 2.72. The standard InChI is InChI=1S/C9H20NP/c1-8-4-6-9(7-5-8)10(2)11-3/h8-9,11H,4-7H2,1-3H3. The van der Waals surface area contributed by atoms with Crippen molar-refractivity contribution in [1.82, 2.24) is 4.67 Å². The Morgan fingerprint density at radius 2 is 1.73 bits per heavy atom. The number of nitrogens with zero attached hydrogens (tertiary/aromatic N) is 1. The highest BCUT2D eigenvalue weighted by atomic mass is 31.1. The van der Waals surface area contributed by atoms with Crippen molar-refractivity contribution in [3.05, 3.63) is 0 Å². The molecule has 0 amide bonds. The summed E-state index contributed by atoms with van der Waals surface area (Å²) in [6.45, 7) is 4.66. The van der Waals surface area contributed by atoms with Crippen molar-refractivity contribution in [3.63, 3.8) is 0 Å². The van der Waals surface area contributed by atoms with Gasteiger partial charge in [0.2, 0.25) is 0 Å². The molecule has 0 aromatic carbocycles. The van der Waals surface area contributed by atoms with Gasteiger partial charge in [-0.1, -0.05) is 15.7 Å². The van der Waals surface area contributed by atoms with Crippen LogP contribution in [0.15, 0.2) is 0 Å². The Morgan fingerprint density at radius 1 is 1.18 bits per heavy atom. The molecular weight excluding hydrogens is 153 g/mol. The van der Waals surface area contributed by atoms with Crippen molar-refractivity contribution in [3.8, 4) is 0 Å². The molecule has 0 aliphatic heterocycles. The second kappa shape index (κ2) is 4.42. The maximum Gasteiger partial charge on any atom is 0.0129 e. The molecule has 0 bridgehead atoms. The van der Waals surface area contributed by atoms with E-state index in [1.54, 1.807) is 0 Å². The smallest absolute Gasteiger partial charge is 0.0129 e. The molecule has 0 spiro atoms. The fourth-order valence-corrected chi connectivity index (χ4v) is 2.44. The molecule has 1 saturated carbocycles. The van der Waals surface area contributed by atoms with Gasteiger partial charge >= 0.3 is 0 Å². The molecule has 0 heterocycles. The molecule has 1 nitrogen and oxygen atoms in total. The minimum atomic E-state index is 0.898. The van der Waals surface area contributed by atoms with Gasteiger partial charge in [-0.2, -0.15) is 0 Å². The zero-order chi connectivity index (χ0) is 8.27. The Labute approximate surface area is 72.4 Å². The fraction of sp³-hybridized carbons (Fsp3) is 1.00. The van der Waals surface area contributed by atoms with Crippen LogP contribution in [-0.4, -0.2) is 24.4 Å². The van der Waals surface area contributed by atoms with Crippen LogP contribution in [-0.2, 0) is 0 Å². The van der Waals surface area contributed by atoms with Crippen molar-refractivity contribution in [2.24, 2.45) is 5.92 Å². The lowest BCUT2D eigenvalue weighted by Crippen LogP contribution is -2.28. The van der Waals surface area contributed by atoms with E-state index in [1.807, 2.05) is 0 Å². The minimum Gasteiger partial charge on any atom is -0.285 e. The van der Waals surface area contributed by atoms with Crippen LogP contribution in [0.5, 0.6) is 0 Å². The van der Waals surface area contributed by atoms with Gasteiger partial charge in [-0.15, -0.1) is 0 Å². The zero-order valence-electron chi connectivity index (χ0n) is 7.93. The average Bonchev–Trinajstić information content (AvgIpc) is 2.05. The molecule has 11 heavy (non-hydrogen) atoms. The fourth-order valence-electron chi connectivity index (χ4n) is 1.81. The monoisotopic (exact) mass is 173 g/mol. The minimum absolute atomic E-state index is 0.898. The van der Waals surface area contributed by atoms with Gasteiger partial charge in [0.15, 0.2) is 0 Å². The predicted molar refractivity (Wildman–Crippen MR) is 53.4 cm³/mol. The van der Waals surface area contributed by atoms with Gasteiger partial charge in [0.25, 0.3) is 0 Å². The Bertz CT molecular complexity index is 108. The first-order valence-electron chi connectivity index (χ1n) is 4.64. The molecule has 0 aromatic heterocycles. The first-order chi connectivity index (χ1) is 5.24. The van der Waals surface area contributed by atoms with Crippen LogP contribution in [0.2, 0.25) is 0 Å². The molecule has 1 aliphatic carbocycles. The lowest BCUT2D eigenvalue weighted by Gasteiger charge is -2.32. The molecule has 0 radical (unpaired) electrons. The van der Waals surface area contributed by atoms with Crippen LogP contribution in [0.3, 0.4) is 0 Å². The van der Waals surface area contributed by atoms with E-state index < -0.39 is 0 Å². The highest BCUT2D eigenvalue weighted by Crippen LogP contribution is 2.30. The van der Waals surface area contributed by atoms with Gasteiger partial charge in [-0.25, -0.2) is 0 Å². The summed E-state index contributed by atoms with van der Waals surface area (Å²) < 4.78 is 2.52. The Morgan fingerprint density at radius 3 is 2.18 bits per heavy atom. The van der Waals surface area contributed by atoms with Crippen molar-refractivity contribution in [2.75, 3.05) is 13.7 Å². The summed E-state index contributed by atoms with van der Waals surface area (Å²) in [5.41, 5.74) is 0. The van der Waals surface area contributed by atoms with Crippen LogP contribution in [0.1, 0.15) is 32.6 Å². The van der Waals surface area contributed by atoms with Crippen molar-refractivity contribution < 1.29 is 0 Å². The molecule has 1 fully saturated rings. The van der Waals surface area contributed by atoms with Gasteiger partial charge in [0.05, 0.1) is 0 Å². The van der Waals surface area contributed by atoms with Crippen LogP contribution < -0.4 is 0 Å². The average molecular weight is 173 g/mol. The lowest BCUT2D eigenvalue weighted by molar-refractivity contribution is 0.256. The van der Waals surface area contributed by atoms with E-state index in [9.17, 15) is 0 Å². The number of rotatable bonds is 2. The summed E-state index contributed by atoms with van der Waals surface area (Å²) in [7, 11) is 3.25. The van der Waals surface area contributed by atoms with Gasteiger partial charge in [-0.05, 0) is 45.3 Å². The lowest BCUT2D eigenvalue weighted by atomic mass is 9.87. The second-order valence-corrected chi connectivity index (χ2v) is 4.90. The first-order valence-corrected chi connectivity index (χ1v) is 6.09. The summed E-state index contributed by atoms with van der Waals surface area (Å²) in [6.07, 6.45) is 5.75. The normalized spacial score (nSPS) is 33.8. The summed E-state index contributed by atoms with van der Waals surface area (Å²) in [5.74, 6) is 0.986. The van der Waals surface area contributed by atoms with Crippen LogP contribution in [0.4, 0.5) is 0 Å². The van der Waals surface area contributed by atoms with E-state index in [4.69, 9.17) is 0 Å². The van der Waals surface area contributed by atoms with Crippen molar-refractivity contribution in [1.29, 1.82) is 0 Å². The summed E-state index contributed by atoms with van der Waals surface area (Å²) in [6, 6.07) is 0.898. The maximum atomic E-state index is 2.52. The van der Waals surface area contributed by atoms with E-state index >= 15 is 0 Å². The first kappa shape index (κ1) is 9.48. The van der Waals surface area contributed by atoms with Crippen LogP contribution >= 0.6 is 8.73 Å². The number of hydrogen-bond donors (Lipinski definition) is 0. The molecular formula is C9H20NP. The summed E-state index contributed by atoms with van der Waals surface area (Å²) >= 11 is 0. The molecule has 1 rings (SSSR count). The molecule has 1 unspecified atom stereocenters. The summed E-state index contributed by atoms with van der Waals surface area (Å²) in [5, 5.41) is 0. The Balaban J connectivity index is 2.27. The SMILES string of the molecule is CPN(C)C1CCC(C)CC1. The molecule has 1 aliphatic rings. The molecule has 2 heteroatoms. The molecule has 66 valence electrons. The maximum absolute atomic E-state index is 2.52. The van der Waals surface area contributed by atoms with E-state index in [-0.39, 0.29) is 0 Å². The Kier molecular flexibility index (Phi) is 3.81. The Hall–Kier alpha value is 0.390. The third-order valence-corrected chi connectivity index (χ3v) is 3.96. The van der Waals surface area contributed by atoms with Crippen molar-refractivity contribution >= 4 is 8.73 Å². The largest absolute Gasteiger partial charge is 0.285 e. The molecule has 1 atom stereocenters. The topological polar surface area (TPSA) is 3.24 Å². The van der Waals surface area contributed by atoms with Gasteiger partial charge in [0, 0.05) is 6.04 Å². The van der Waals surface area contributed by atoms with Crippen LogP contribution in [0.25, 0.3) is 0 Å². The molecule has 0 N–H and O–H groups in total. The highest BCUT2D eigenvalue weighted by Gasteiger charge is 2.20. The second-order valence-electron chi connectivity index (χ2n) is 3.75. The number of hydrogen-bond acceptors (Lipinski definition) is 1. The highest BCUT2D eigenvalue weighted by molar-refractivity contribution is 7.34. The zero-order valence-corrected chi connectivity index (χ0v) is 8.93. The quantitative estimate of drug-likeness (QED) is 0.580. The van der Waals surface area contributed by atoms with Gasteiger partial charge in [-0.3, -0.25) is 4.67 Å². The van der Waals surface area contributed by atoms with E-state index in [1.165, 1.54) is 25.7 Å². The van der Waals surface area contributed by atoms with E-state index in [0.29, 0.717) is 0 Å². The van der Waals surface area contributed by atoms with Gasteiger partial charge < -0.3 is 0 Å². The summed E-state index contributed by atoms with van der Waals surface area (Å²) in [4.78, 5) is 0. The van der Waals surface area contributed by atoms with Crippen molar-refractivity contribution in [2.45, 2.75) is 38.6 Å². The van der Waals surface area contributed by atoms with Crippen LogP contribution in [0, 0.1) is 5.92 Å². The van der Waals surface area contributed by atoms with E-state index in [0.717, 1.165) is 20.7 Å². The molecule has 0 saturated heterocycles. The van der Waals surface area contributed by atoms with Gasteiger partial charge in [0.1, 0.15) is 0 Å². The molecule has 0 aromatic rings. The third-order valence-electron chi connectivity index (χ3n) is 2.89. The predicted octanol–water partition coefficient (Wildman–Crippen LogP) is 2.72. The van der Waals surface area contributed by atoms with E-state index in [2.05, 4.69) is 25.3 Å².